The molecule has 0 aromatic heterocycles. The van der Waals surface area contributed by atoms with Gasteiger partial charge in [-0.3, -0.25) is 9.59 Å². The maximum atomic E-state index is 11.1. The second-order valence-electron chi connectivity index (χ2n) is 5.83. The van der Waals surface area contributed by atoms with Crippen molar-refractivity contribution in [1.29, 1.82) is 0 Å². The number of aryl methyl sites for hydroxylation is 1. The summed E-state index contributed by atoms with van der Waals surface area (Å²) in [5.74, 6) is -0.101. The topological polar surface area (TPSA) is 82.1 Å². The van der Waals surface area contributed by atoms with Crippen molar-refractivity contribution in [1.82, 2.24) is 0 Å². The zero-order valence-corrected chi connectivity index (χ0v) is 13.9. The quantitative estimate of drug-likeness (QED) is 0.519. The van der Waals surface area contributed by atoms with Gasteiger partial charge in [0.1, 0.15) is 17.8 Å². The summed E-state index contributed by atoms with van der Waals surface area (Å²) in [5.41, 5.74) is 1.10. The monoisotopic (exact) mass is 336 g/mol. The number of esters is 2. The van der Waals surface area contributed by atoms with Gasteiger partial charge in [0.15, 0.2) is 0 Å². The van der Waals surface area contributed by atoms with Gasteiger partial charge in [-0.2, -0.15) is 0 Å². The van der Waals surface area contributed by atoms with E-state index in [-0.39, 0.29) is 30.6 Å². The first kappa shape index (κ1) is 18.3. The Bertz CT molecular complexity index is 556. The number of rotatable bonds is 10. The van der Waals surface area contributed by atoms with Crippen LogP contribution in [0.15, 0.2) is 24.3 Å². The summed E-state index contributed by atoms with van der Waals surface area (Å²) >= 11 is 0. The largest absolute Gasteiger partial charge is 0.494 e. The molecule has 0 saturated carbocycles. The first-order chi connectivity index (χ1) is 11.6. The predicted octanol–water partition coefficient (Wildman–Crippen LogP) is 1.88. The maximum Gasteiger partial charge on any atom is 0.315 e. The molecule has 0 spiro atoms. The highest BCUT2D eigenvalue weighted by molar-refractivity contribution is 5.78. The number of hydrogen-bond donors (Lipinski definition) is 1. The zero-order valence-electron chi connectivity index (χ0n) is 13.9. The number of hydrogen-bond acceptors (Lipinski definition) is 6. The van der Waals surface area contributed by atoms with Crippen molar-refractivity contribution in [3.05, 3.63) is 29.8 Å². The second-order valence-corrected chi connectivity index (χ2v) is 5.83. The molecule has 1 saturated heterocycles. The highest BCUT2D eigenvalue weighted by Crippen LogP contribution is 2.26. The minimum atomic E-state index is -0.376. The van der Waals surface area contributed by atoms with Gasteiger partial charge in [0.25, 0.3) is 0 Å². The van der Waals surface area contributed by atoms with Crippen molar-refractivity contribution in [2.24, 2.45) is 5.92 Å². The van der Waals surface area contributed by atoms with Crippen LogP contribution in [-0.2, 0) is 25.5 Å². The molecule has 6 heteroatoms. The van der Waals surface area contributed by atoms with E-state index in [1.807, 2.05) is 24.3 Å². The van der Waals surface area contributed by atoms with Crippen molar-refractivity contribution in [2.75, 3.05) is 20.3 Å². The third kappa shape index (κ3) is 5.23. The Morgan fingerprint density at radius 1 is 1.33 bits per heavy atom. The fourth-order valence-corrected chi connectivity index (χ4v) is 2.61. The Morgan fingerprint density at radius 3 is 2.88 bits per heavy atom. The molecule has 1 fully saturated rings. The van der Waals surface area contributed by atoms with Gasteiger partial charge in [-0.15, -0.1) is 0 Å². The van der Waals surface area contributed by atoms with Crippen LogP contribution >= 0.6 is 0 Å². The summed E-state index contributed by atoms with van der Waals surface area (Å²) in [4.78, 5) is 22.1. The van der Waals surface area contributed by atoms with E-state index >= 15 is 0 Å². The summed E-state index contributed by atoms with van der Waals surface area (Å²) < 4.78 is 15.3. The third-order valence-corrected chi connectivity index (χ3v) is 4.10. The Morgan fingerprint density at radius 2 is 2.17 bits per heavy atom. The summed E-state index contributed by atoms with van der Waals surface area (Å²) in [6.07, 6.45) is 3.20. The Hall–Kier alpha value is -2.08. The molecule has 0 unspecified atom stereocenters. The lowest BCUT2D eigenvalue weighted by molar-refractivity contribution is -0.188. The van der Waals surface area contributed by atoms with E-state index in [9.17, 15) is 9.59 Å². The normalized spacial score (nSPS) is 19.3. The number of carbonyl (C=O) groups excluding carboxylic acids is 2. The molecular weight excluding hydrogens is 312 g/mol. The van der Waals surface area contributed by atoms with Gasteiger partial charge in [-0.05, 0) is 43.4 Å². The standard InChI is InChI=1S/C18H24O6/c1-22-17(20)7-2-3-10-23-14-6-4-5-13(11-14)8-9-16-15(12-19)18(21)24-16/h4-6,11,15-16,19H,2-3,7-10,12H2,1H3/t15-,16-/m0/s1. The van der Waals surface area contributed by atoms with E-state index in [2.05, 4.69) is 4.74 Å². The summed E-state index contributed by atoms with van der Waals surface area (Å²) in [6, 6.07) is 7.78. The molecule has 0 amide bonds. The molecule has 1 N–H and O–H groups in total. The molecule has 1 heterocycles. The van der Waals surface area contributed by atoms with Crippen LogP contribution in [0.2, 0.25) is 0 Å². The first-order valence-corrected chi connectivity index (χ1v) is 8.24. The fourth-order valence-electron chi connectivity index (χ4n) is 2.61. The van der Waals surface area contributed by atoms with Crippen LogP contribution < -0.4 is 4.74 Å². The van der Waals surface area contributed by atoms with Gasteiger partial charge < -0.3 is 19.3 Å². The molecule has 2 atom stereocenters. The van der Waals surface area contributed by atoms with Crippen LogP contribution in [0, 0.1) is 5.92 Å². The predicted molar refractivity (Wildman–Crippen MR) is 86.6 cm³/mol. The van der Waals surface area contributed by atoms with Gasteiger partial charge >= 0.3 is 11.9 Å². The van der Waals surface area contributed by atoms with E-state index in [0.717, 1.165) is 30.6 Å². The molecule has 1 aliphatic heterocycles. The van der Waals surface area contributed by atoms with E-state index in [0.29, 0.717) is 19.4 Å². The summed E-state index contributed by atoms with van der Waals surface area (Å²) in [7, 11) is 1.39. The van der Waals surface area contributed by atoms with Crippen molar-refractivity contribution >= 4 is 11.9 Å². The van der Waals surface area contributed by atoms with Crippen LogP contribution in [0.3, 0.4) is 0 Å². The SMILES string of the molecule is COC(=O)CCCCOc1cccc(CC[C@@H]2OC(=O)[C@H]2CO)c1. The Balaban J connectivity index is 1.69. The lowest BCUT2D eigenvalue weighted by Gasteiger charge is -2.33. The number of methoxy groups -OCH3 is 1. The molecule has 6 nitrogen and oxygen atoms in total. The highest BCUT2D eigenvalue weighted by atomic mass is 16.6. The van der Waals surface area contributed by atoms with E-state index in [1.165, 1.54) is 7.11 Å². The van der Waals surface area contributed by atoms with Crippen LogP contribution in [0.5, 0.6) is 5.75 Å². The summed E-state index contributed by atoms with van der Waals surface area (Å²) in [5, 5.41) is 9.11. The minimum absolute atomic E-state index is 0.155. The molecule has 1 aromatic carbocycles. The molecule has 0 aliphatic carbocycles. The maximum absolute atomic E-state index is 11.1. The lowest BCUT2D eigenvalue weighted by atomic mass is 9.92. The van der Waals surface area contributed by atoms with E-state index in [1.54, 1.807) is 0 Å². The van der Waals surface area contributed by atoms with Crippen molar-refractivity contribution in [3.8, 4) is 5.75 Å². The number of benzene rings is 1. The first-order valence-electron chi connectivity index (χ1n) is 8.24. The number of carbonyl (C=O) groups is 2. The van der Waals surface area contributed by atoms with Gasteiger partial charge in [0, 0.05) is 6.42 Å². The van der Waals surface area contributed by atoms with Crippen LogP contribution in [0.1, 0.15) is 31.2 Å². The summed E-state index contributed by atoms with van der Waals surface area (Å²) in [6.45, 7) is 0.394. The number of aliphatic hydroxyl groups excluding tert-OH is 1. The molecular formula is C18H24O6. The van der Waals surface area contributed by atoms with Gasteiger partial charge in [-0.25, -0.2) is 0 Å². The van der Waals surface area contributed by atoms with Crippen molar-refractivity contribution in [3.63, 3.8) is 0 Å². The van der Waals surface area contributed by atoms with Crippen LogP contribution in [0.25, 0.3) is 0 Å². The Labute approximate surface area is 141 Å². The lowest BCUT2D eigenvalue weighted by Crippen LogP contribution is -2.47. The van der Waals surface area contributed by atoms with Crippen molar-refractivity contribution in [2.45, 2.75) is 38.2 Å². The highest BCUT2D eigenvalue weighted by Gasteiger charge is 2.41. The number of ether oxygens (including phenoxy) is 3. The number of aliphatic hydroxyl groups is 1. The number of cyclic esters (lactones) is 1. The average molecular weight is 336 g/mol. The number of unbranched alkanes of at least 4 members (excludes halogenated alkanes) is 1. The minimum Gasteiger partial charge on any atom is -0.494 e. The second kappa shape index (κ2) is 9.27. The molecule has 0 bridgehead atoms. The van der Waals surface area contributed by atoms with E-state index in [4.69, 9.17) is 14.6 Å². The molecule has 24 heavy (non-hydrogen) atoms. The van der Waals surface area contributed by atoms with E-state index < -0.39 is 0 Å². The Kier molecular flexibility index (Phi) is 7.06. The van der Waals surface area contributed by atoms with Gasteiger partial charge in [0.2, 0.25) is 0 Å². The molecule has 1 aromatic rings. The smallest absolute Gasteiger partial charge is 0.315 e. The fraction of sp³-hybridized carbons (Fsp3) is 0.556. The van der Waals surface area contributed by atoms with Crippen molar-refractivity contribution < 1.29 is 28.9 Å². The van der Waals surface area contributed by atoms with Crippen LogP contribution in [-0.4, -0.2) is 43.5 Å². The van der Waals surface area contributed by atoms with Gasteiger partial charge in [-0.1, -0.05) is 12.1 Å². The van der Waals surface area contributed by atoms with Crippen LogP contribution in [0.4, 0.5) is 0 Å². The zero-order chi connectivity index (χ0) is 17.4. The molecule has 2 rings (SSSR count). The average Bonchev–Trinajstić information content (AvgIpc) is 2.58. The third-order valence-electron chi connectivity index (χ3n) is 4.10. The van der Waals surface area contributed by atoms with Gasteiger partial charge in [0.05, 0.1) is 20.3 Å². The molecule has 132 valence electrons. The molecule has 1 aliphatic rings. The molecule has 0 radical (unpaired) electrons.